The molecule has 6 nitrogen and oxygen atoms in total. The van der Waals surface area contributed by atoms with Gasteiger partial charge in [0.15, 0.2) is 9.84 Å². The van der Waals surface area contributed by atoms with E-state index in [9.17, 15) is 13.2 Å². The number of ether oxygens (including phenoxy) is 1. The van der Waals surface area contributed by atoms with E-state index < -0.39 is 9.84 Å². The van der Waals surface area contributed by atoms with Crippen molar-refractivity contribution in [3.05, 3.63) is 48.5 Å². The summed E-state index contributed by atoms with van der Waals surface area (Å²) in [4.78, 5) is 12.4. The number of amides is 1. The van der Waals surface area contributed by atoms with Gasteiger partial charge in [0.2, 0.25) is 5.91 Å². The van der Waals surface area contributed by atoms with Gasteiger partial charge in [-0.3, -0.25) is 4.79 Å². The van der Waals surface area contributed by atoms with Crippen LogP contribution in [-0.4, -0.2) is 33.7 Å². The van der Waals surface area contributed by atoms with Crippen LogP contribution in [0.1, 0.15) is 6.92 Å². The lowest BCUT2D eigenvalue weighted by Gasteiger charge is -2.31. The minimum atomic E-state index is -3.28. The lowest BCUT2D eigenvalue weighted by molar-refractivity contribution is -0.121. The number of nitrogens with one attached hydrogen (secondary N) is 2. The molecule has 0 spiro atoms. The van der Waals surface area contributed by atoms with Crippen molar-refractivity contribution in [2.75, 3.05) is 24.7 Å². The molecule has 1 fully saturated rings. The van der Waals surface area contributed by atoms with Crippen molar-refractivity contribution in [2.45, 2.75) is 11.8 Å². The summed E-state index contributed by atoms with van der Waals surface area (Å²) < 4.78 is 28.9. The number of anilines is 1. The van der Waals surface area contributed by atoms with Crippen LogP contribution in [-0.2, 0) is 14.6 Å². The summed E-state index contributed by atoms with van der Waals surface area (Å²) in [5.41, 5.74) is 0.700. The fourth-order valence-corrected chi connectivity index (χ4v) is 3.30. The van der Waals surface area contributed by atoms with Gasteiger partial charge >= 0.3 is 0 Å². The molecule has 0 bridgehead atoms. The highest BCUT2D eigenvalue weighted by Crippen LogP contribution is 2.26. The average molecular weight is 374 g/mol. The van der Waals surface area contributed by atoms with Crippen molar-refractivity contribution in [3.63, 3.8) is 0 Å². The SMILES string of the molecule is CC(C(=O)Nc1ccc(Oc2cccc(S(C)(=O)=O)c2)cc1)C1CNC1. The summed E-state index contributed by atoms with van der Waals surface area (Å²) in [7, 11) is -3.28. The molecule has 26 heavy (non-hydrogen) atoms. The smallest absolute Gasteiger partial charge is 0.227 e. The molecule has 138 valence electrons. The molecule has 2 N–H and O–H groups in total. The molecule has 1 aliphatic rings. The van der Waals surface area contributed by atoms with Crippen LogP contribution in [0.15, 0.2) is 53.4 Å². The van der Waals surface area contributed by atoms with Gasteiger partial charge in [0.1, 0.15) is 11.5 Å². The van der Waals surface area contributed by atoms with E-state index >= 15 is 0 Å². The Balaban J connectivity index is 1.63. The van der Waals surface area contributed by atoms with Gasteiger partial charge in [0.25, 0.3) is 0 Å². The largest absolute Gasteiger partial charge is 0.457 e. The van der Waals surface area contributed by atoms with Crippen molar-refractivity contribution in [1.29, 1.82) is 0 Å². The zero-order chi connectivity index (χ0) is 18.7. The Kier molecular flexibility index (Phi) is 5.29. The summed E-state index contributed by atoms with van der Waals surface area (Å²) in [6.07, 6.45) is 1.16. The fourth-order valence-electron chi connectivity index (χ4n) is 2.65. The zero-order valence-electron chi connectivity index (χ0n) is 14.7. The third-order valence-electron chi connectivity index (χ3n) is 4.52. The molecule has 0 aromatic heterocycles. The highest BCUT2D eigenvalue weighted by Gasteiger charge is 2.28. The van der Waals surface area contributed by atoms with E-state index in [1.54, 1.807) is 36.4 Å². The standard InChI is InChI=1S/C19H22N2O4S/c1-13(14-11-20-12-14)19(22)21-15-6-8-16(9-7-15)25-17-4-3-5-18(10-17)26(2,23)24/h3-10,13-14,20H,11-12H2,1-2H3,(H,21,22). The number of benzene rings is 2. The van der Waals surface area contributed by atoms with Crippen LogP contribution < -0.4 is 15.4 Å². The molecule has 1 aliphatic heterocycles. The lowest BCUT2D eigenvalue weighted by atomic mass is 9.88. The van der Waals surface area contributed by atoms with E-state index in [0.717, 1.165) is 19.3 Å². The van der Waals surface area contributed by atoms with Crippen LogP contribution >= 0.6 is 0 Å². The van der Waals surface area contributed by atoms with Gasteiger partial charge in [-0.1, -0.05) is 13.0 Å². The van der Waals surface area contributed by atoms with Gasteiger partial charge < -0.3 is 15.4 Å². The summed E-state index contributed by atoms with van der Waals surface area (Å²) >= 11 is 0. The van der Waals surface area contributed by atoms with Crippen molar-refractivity contribution in [1.82, 2.24) is 5.32 Å². The van der Waals surface area contributed by atoms with Crippen molar-refractivity contribution in [2.24, 2.45) is 11.8 Å². The van der Waals surface area contributed by atoms with Gasteiger partial charge in [0.05, 0.1) is 4.90 Å². The monoisotopic (exact) mass is 374 g/mol. The number of hydrogen-bond acceptors (Lipinski definition) is 5. The van der Waals surface area contributed by atoms with Gasteiger partial charge in [-0.05, 0) is 61.5 Å². The first kappa shape index (κ1) is 18.4. The molecular formula is C19H22N2O4S. The molecule has 1 heterocycles. The first-order valence-electron chi connectivity index (χ1n) is 8.42. The number of sulfone groups is 1. The Morgan fingerprint density at radius 1 is 1.15 bits per heavy atom. The number of rotatable bonds is 6. The maximum absolute atomic E-state index is 12.2. The molecule has 2 aromatic rings. The Morgan fingerprint density at radius 2 is 1.85 bits per heavy atom. The Morgan fingerprint density at radius 3 is 2.42 bits per heavy atom. The summed E-state index contributed by atoms with van der Waals surface area (Å²) in [5, 5.41) is 6.08. The molecule has 2 aromatic carbocycles. The predicted molar refractivity (Wildman–Crippen MR) is 100 cm³/mol. The Bertz CT molecular complexity index is 890. The minimum absolute atomic E-state index is 0.00558. The van der Waals surface area contributed by atoms with E-state index in [-0.39, 0.29) is 16.7 Å². The van der Waals surface area contributed by atoms with Gasteiger partial charge in [-0.2, -0.15) is 0 Å². The van der Waals surface area contributed by atoms with Crippen molar-refractivity contribution < 1.29 is 17.9 Å². The first-order chi connectivity index (χ1) is 12.3. The maximum Gasteiger partial charge on any atom is 0.227 e. The molecule has 1 amide bonds. The van der Waals surface area contributed by atoms with E-state index in [4.69, 9.17) is 4.74 Å². The van der Waals surface area contributed by atoms with Crippen LogP contribution in [0.25, 0.3) is 0 Å². The van der Waals surface area contributed by atoms with Gasteiger partial charge in [-0.15, -0.1) is 0 Å². The molecule has 0 saturated carbocycles. The first-order valence-corrected chi connectivity index (χ1v) is 10.3. The second kappa shape index (κ2) is 7.47. The van der Waals surface area contributed by atoms with E-state index in [0.29, 0.717) is 23.1 Å². The van der Waals surface area contributed by atoms with Crippen molar-refractivity contribution in [3.8, 4) is 11.5 Å². The molecule has 7 heteroatoms. The van der Waals surface area contributed by atoms with Crippen LogP contribution in [0.4, 0.5) is 5.69 Å². The van der Waals surface area contributed by atoms with Gasteiger partial charge in [-0.25, -0.2) is 8.42 Å². The zero-order valence-corrected chi connectivity index (χ0v) is 15.5. The second-order valence-corrected chi connectivity index (χ2v) is 8.59. The average Bonchev–Trinajstić information content (AvgIpc) is 2.54. The summed E-state index contributed by atoms with van der Waals surface area (Å²) in [5.74, 6) is 1.36. The van der Waals surface area contributed by atoms with Crippen LogP contribution in [0.3, 0.4) is 0 Å². The van der Waals surface area contributed by atoms with Crippen LogP contribution in [0, 0.1) is 11.8 Å². The van der Waals surface area contributed by atoms with Crippen LogP contribution in [0.5, 0.6) is 11.5 Å². The topological polar surface area (TPSA) is 84.5 Å². The Labute approximate surface area is 153 Å². The minimum Gasteiger partial charge on any atom is -0.457 e. The van der Waals surface area contributed by atoms with Crippen molar-refractivity contribution >= 4 is 21.4 Å². The van der Waals surface area contributed by atoms with E-state index in [1.165, 1.54) is 12.1 Å². The fraction of sp³-hybridized carbons (Fsp3) is 0.316. The number of carbonyl (C=O) groups is 1. The maximum atomic E-state index is 12.2. The quantitative estimate of drug-likeness (QED) is 0.812. The third-order valence-corrected chi connectivity index (χ3v) is 5.64. The van der Waals surface area contributed by atoms with E-state index in [1.807, 2.05) is 6.92 Å². The third kappa shape index (κ3) is 4.42. The summed E-state index contributed by atoms with van der Waals surface area (Å²) in [6, 6.07) is 13.3. The molecular weight excluding hydrogens is 352 g/mol. The lowest BCUT2D eigenvalue weighted by Crippen LogP contribution is -2.48. The van der Waals surface area contributed by atoms with Gasteiger partial charge in [0, 0.05) is 17.9 Å². The molecule has 3 rings (SSSR count). The molecule has 1 atom stereocenters. The van der Waals surface area contributed by atoms with E-state index in [2.05, 4.69) is 10.6 Å². The number of carbonyl (C=O) groups excluding carboxylic acids is 1. The molecule has 0 radical (unpaired) electrons. The van der Waals surface area contributed by atoms with Crippen LogP contribution in [0.2, 0.25) is 0 Å². The highest BCUT2D eigenvalue weighted by molar-refractivity contribution is 7.90. The Hall–Kier alpha value is -2.38. The summed E-state index contributed by atoms with van der Waals surface area (Å²) in [6.45, 7) is 3.70. The normalized spacial score (nSPS) is 15.8. The second-order valence-electron chi connectivity index (χ2n) is 6.57. The highest BCUT2D eigenvalue weighted by atomic mass is 32.2. The predicted octanol–water partition coefficient (Wildman–Crippen LogP) is 2.68. The number of hydrogen-bond donors (Lipinski definition) is 2. The molecule has 1 unspecified atom stereocenters. The molecule has 1 saturated heterocycles. The molecule has 0 aliphatic carbocycles.